The highest BCUT2D eigenvalue weighted by Crippen LogP contribution is 2.25. The number of hydrogen-bond acceptors (Lipinski definition) is 3. The molecular formula is C14H21ClN2O2. The van der Waals surface area contributed by atoms with E-state index < -0.39 is 0 Å². The van der Waals surface area contributed by atoms with Crippen LogP contribution in [0, 0.1) is 5.92 Å². The fourth-order valence-corrected chi connectivity index (χ4v) is 2.11. The maximum absolute atomic E-state index is 11.8. The van der Waals surface area contributed by atoms with E-state index in [1.165, 1.54) is 0 Å². The van der Waals surface area contributed by atoms with Gasteiger partial charge in [0, 0.05) is 24.2 Å². The zero-order valence-corrected chi connectivity index (χ0v) is 12.3. The topological polar surface area (TPSA) is 61.4 Å². The first-order chi connectivity index (χ1) is 8.95. The molecule has 3 N–H and O–H groups in total. The number of amides is 1. The van der Waals surface area contributed by atoms with E-state index in [2.05, 4.69) is 24.5 Å². The molecule has 0 radical (unpaired) electrons. The van der Waals surface area contributed by atoms with Crippen molar-refractivity contribution in [2.75, 3.05) is 7.05 Å². The molecule has 1 rings (SSSR count). The number of carbonyl (C=O) groups is 1. The molecule has 1 unspecified atom stereocenters. The maximum atomic E-state index is 11.8. The summed E-state index contributed by atoms with van der Waals surface area (Å²) in [4.78, 5) is 11.8. The SMILES string of the molecule is CNC(=O)C(CC(C)C)NCc1c(O)cccc1Cl. The molecule has 19 heavy (non-hydrogen) atoms. The van der Waals surface area contributed by atoms with Crippen molar-refractivity contribution in [3.63, 3.8) is 0 Å². The Labute approximate surface area is 119 Å². The highest BCUT2D eigenvalue weighted by Gasteiger charge is 2.19. The first-order valence-corrected chi connectivity index (χ1v) is 6.74. The van der Waals surface area contributed by atoms with Crippen LogP contribution in [0.15, 0.2) is 18.2 Å². The predicted octanol–water partition coefficient (Wildman–Crippen LogP) is 2.30. The summed E-state index contributed by atoms with van der Waals surface area (Å²) in [5.74, 6) is 0.482. The van der Waals surface area contributed by atoms with Gasteiger partial charge in [0.15, 0.2) is 0 Å². The molecule has 0 aliphatic carbocycles. The van der Waals surface area contributed by atoms with E-state index in [1.807, 2.05) is 0 Å². The smallest absolute Gasteiger partial charge is 0.236 e. The molecule has 0 heterocycles. The minimum atomic E-state index is -0.291. The number of phenolic OH excluding ortho intramolecular Hbond substituents is 1. The molecule has 4 nitrogen and oxygen atoms in total. The summed E-state index contributed by atoms with van der Waals surface area (Å²) in [5.41, 5.74) is 0.613. The molecule has 1 aromatic rings. The predicted molar refractivity (Wildman–Crippen MR) is 77.3 cm³/mol. The van der Waals surface area contributed by atoms with Crippen molar-refractivity contribution in [1.29, 1.82) is 0 Å². The number of nitrogens with one attached hydrogen (secondary N) is 2. The summed E-state index contributed by atoms with van der Waals surface area (Å²) in [5, 5.41) is 16.0. The summed E-state index contributed by atoms with van der Waals surface area (Å²) in [6.45, 7) is 4.48. The van der Waals surface area contributed by atoms with Gasteiger partial charge in [-0.2, -0.15) is 0 Å². The van der Waals surface area contributed by atoms with Crippen LogP contribution in [0.5, 0.6) is 5.75 Å². The Balaban J connectivity index is 2.73. The first kappa shape index (κ1) is 15.8. The molecule has 0 aliphatic rings. The van der Waals surface area contributed by atoms with Crippen LogP contribution in [0.4, 0.5) is 0 Å². The van der Waals surface area contributed by atoms with Crippen molar-refractivity contribution >= 4 is 17.5 Å². The number of benzene rings is 1. The van der Waals surface area contributed by atoms with Gasteiger partial charge in [-0.3, -0.25) is 4.79 Å². The van der Waals surface area contributed by atoms with Gasteiger partial charge in [-0.15, -0.1) is 0 Å². The average molecular weight is 285 g/mol. The summed E-state index contributed by atoms with van der Waals surface area (Å²) < 4.78 is 0. The summed E-state index contributed by atoms with van der Waals surface area (Å²) in [7, 11) is 1.62. The van der Waals surface area contributed by atoms with Gasteiger partial charge in [-0.05, 0) is 24.5 Å². The van der Waals surface area contributed by atoms with Crippen LogP contribution in [0.1, 0.15) is 25.8 Å². The van der Waals surface area contributed by atoms with Gasteiger partial charge in [0.2, 0.25) is 5.91 Å². The molecule has 106 valence electrons. The maximum Gasteiger partial charge on any atom is 0.236 e. The number of aromatic hydroxyl groups is 1. The molecule has 1 amide bonds. The molecule has 0 saturated carbocycles. The molecule has 5 heteroatoms. The van der Waals surface area contributed by atoms with Gasteiger partial charge in [0.1, 0.15) is 5.75 Å². The van der Waals surface area contributed by atoms with Gasteiger partial charge < -0.3 is 15.7 Å². The van der Waals surface area contributed by atoms with E-state index in [4.69, 9.17) is 11.6 Å². The van der Waals surface area contributed by atoms with Gasteiger partial charge in [0.25, 0.3) is 0 Å². The second-order valence-electron chi connectivity index (χ2n) is 4.91. The van der Waals surface area contributed by atoms with E-state index in [1.54, 1.807) is 25.2 Å². The Morgan fingerprint density at radius 2 is 2.11 bits per heavy atom. The Morgan fingerprint density at radius 1 is 1.42 bits per heavy atom. The Kier molecular flexibility index (Phi) is 6.12. The monoisotopic (exact) mass is 284 g/mol. The zero-order valence-electron chi connectivity index (χ0n) is 11.5. The standard InChI is InChI=1S/C14H21ClN2O2/c1-9(2)7-12(14(19)16-3)17-8-10-11(15)5-4-6-13(10)18/h4-6,9,12,17-18H,7-8H2,1-3H3,(H,16,19). The number of phenols is 1. The van der Waals surface area contributed by atoms with Crippen molar-refractivity contribution in [2.45, 2.75) is 32.9 Å². The molecule has 1 aromatic carbocycles. The fraction of sp³-hybridized carbons (Fsp3) is 0.500. The minimum absolute atomic E-state index is 0.0553. The normalized spacial score (nSPS) is 12.5. The van der Waals surface area contributed by atoms with E-state index in [9.17, 15) is 9.90 Å². The van der Waals surface area contributed by atoms with Crippen LogP contribution in [-0.4, -0.2) is 24.1 Å². The molecule has 1 atom stereocenters. The fourth-order valence-electron chi connectivity index (χ4n) is 1.88. The minimum Gasteiger partial charge on any atom is -0.508 e. The lowest BCUT2D eigenvalue weighted by molar-refractivity contribution is -0.123. The Bertz CT molecular complexity index is 415. The first-order valence-electron chi connectivity index (χ1n) is 6.37. The molecule has 0 fully saturated rings. The Hall–Kier alpha value is -1.26. The molecule has 0 bridgehead atoms. The van der Waals surface area contributed by atoms with Crippen molar-refractivity contribution in [3.8, 4) is 5.75 Å². The third kappa shape index (κ3) is 4.73. The average Bonchev–Trinajstić information content (AvgIpc) is 2.35. The van der Waals surface area contributed by atoms with Crippen LogP contribution < -0.4 is 10.6 Å². The number of halogens is 1. The molecule has 0 aromatic heterocycles. The van der Waals surface area contributed by atoms with Gasteiger partial charge in [-0.25, -0.2) is 0 Å². The molecule has 0 aliphatic heterocycles. The molecule has 0 saturated heterocycles. The molecular weight excluding hydrogens is 264 g/mol. The van der Waals surface area contributed by atoms with E-state index in [0.29, 0.717) is 23.0 Å². The van der Waals surface area contributed by atoms with Crippen molar-refractivity contribution in [2.24, 2.45) is 5.92 Å². The Morgan fingerprint density at radius 3 is 2.63 bits per heavy atom. The largest absolute Gasteiger partial charge is 0.508 e. The van der Waals surface area contributed by atoms with Crippen molar-refractivity contribution < 1.29 is 9.90 Å². The van der Waals surface area contributed by atoms with E-state index >= 15 is 0 Å². The van der Waals surface area contributed by atoms with Gasteiger partial charge >= 0.3 is 0 Å². The van der Waals surface area contributed by atoms with Crippen LogP contribution >= 0.6 is 11.6 Å². The van der Waals surface area contributed by atoms with Crippen LogP contribution in [0.3, 0.4) is 0 Å². The third-order valence-electron chi connectivity index (χ3n) is 2.89. The quantitative estimate of drug-likeness (QED) is 0.751. The zero-order chi connectivity index (χ0) is 14.4. The second kappa shape index (κ2) is 7.36. The van der Waals surface area contributed by atoms with Crippen molar-refractivity contribution in [3.05, 3.63) is 28.8 Å². The van der Waals surface area contributed by atoms with Crippen LogP contribution in [-0.2, 0) is 11.3 Å². The van der Waals surface area contributed by atoms with E-state index in [-0.39, 0.29) is 17.7 Å². The third-order valence-corrected chi connectivity index (χ3v) is 3.24. The number of likely N-dealkylation sites (N-methyl/N-ethyl adjacent to an activating group) is 1. The van der Waals surface area contributed by atoms with Crippen LogP contribution in [0.2, 0.25) is 5.02 Å². The number of carbonyl (C=O) groups excluding carboxylic acids is 1. The lowest BCUT2D eigenvalue weighted by atomic mass is 10.0. The lowest BCUT2D eigenvalue weighted by Gasteiger charge is -2.19. The van der Waals surface area contributed by atoms with Crippen molar-refractivity contribution in [1.82, 2.24) is 10.6 Å². The highest BCUT2D eigenvalue weighted by atomic mass is 35.5. The highest BCUT2D eigenvalue weighted by molar-refractivity contribution is 6.31. The molecule has 0 spiro atoms. The number of rotatable bonds is 6. The van der Waals surface area contributed by atoms with Crippen LogP contribution in [0.25, 0.3) is 0 Å². The summed E-state index contributed by atoms with van der Waals surface area (Å²) in [6, 6.07) is 4.70. The summed E-state index contributed by atoms with van der Waals surface area (Å²) >= 11 is 6.03. The summed E-state index contributed by atoms with van der Waals surface area (Å²) in [6.07, 6.45) is 0.727. The van der Waals surface area contributed by atoms with Gasteiger partial charge in [0.05, 0.1) is 6.04 Å². The lowest BCUT2D eigenvalue weighted by Crippen LogP contribution is -2.43. The van der Waals surface area contributed by atoms with Gasteiger partial charge in [-0.1, -0.05) is 31.5 Å². The number of hydrogen-bond donors (Lipinski definition) is 3. The van der Waals surface area contributed by atoms with E-state index in [0.717, 1.165) is 6.42 Å². The second-order valence-corrected chi connectivity index (χ2v) is 5.32.